The molecule has 0 saturated heterocycles. The second-order valence-corrected chi connectivity index (χ2v) is 2.58. The quantitative estimate of drug-likeness (QED) is 0.643. The van der Waals surface area contributed by atoms with Crippen LogP contribution in [0.2, 0.25) is 0 Å². The molecule has 0 atom stereocenters. The minimum Gasteiger partial charge on any atom is -0.480 e. The Morgan fingerprint density at radius 3 is 3.15 bits per heavy atom. The van der Waals surface area contributed by atoms with Crippen LogP contribution in [0, 0.1) is 0 Å². The summed E-state index contributed by atoms with van der Waals surface area (Å²) in [5.41, 5.74) is 0.753. The molecule has 1 aromatic heterocycles. The standard InChI is InChI=1S/C7H12N4O2/c1-2-8-3-6-4-11(10-9-6)5-7(12)13/h4,8H,2-3,5H2,1H3,(H,12,13). The van der Waals surface area contributed by atoms with Crippen LogP contribution < -0.4 is 5.32 Å². The lowest BCUT2D eigenvalue weighted by molar-refractivity contribution is -0.137. The van der Waals surface area contributed by atoms with Crippen molar-refractivity contribution in [2.45, 2.75) is 20.0 Å². The second-order valence-electron chi connectivity index (χ2n) is 2.58. The van der Waals surface area contributed by atoms with Gasteiger partial charge in [-0.1, -0.05) is 12.1 Å². The zero-order chi connectivity index (χ0) is 9.68. The first-order valence-corrected chi connectivity index (χ1v) is 4.04. The molecule has 6 nitrogen and oxygen atoms in total. The van der Waals surface area contributed by atoms with Crippen molar-refractivity contribution >= 4 is 5.97 Å². The molecule has 13 heavy (non-hydrogen) atoms. The smallest absolute Gasteiger partial charge is 0.325 e. The van der Waals surface area contributed by atoms with Crippen molar-refractivity contribution in [2.75, 3.05) is 6.54 Å². The first kappa shape index (κ1) is 9.66. The van der Waals surface area contributed by atoms with Crippen LogP contribution in [0.15, 0.2) is 6.20 Å². The molecule has 0 fully saturated rings. The summed E-state index contributed by atoms with van der Waals surface area (Å²) < 4.78 is 1.30. The molecule has 2 N–H and O–H groups in total. The van der Waals surface area contributed by atoms with E-state index < -0.39 is 5.97 Å². The first-order valence-electron chi connectivity index (χ1n) is 4.04. The van der Waals surface area contributed by atoms with E-state index in [1.165, 1.54) is 4.68 Å². The molecular weight excluding hydrogens is 172 g/mol. The van der Waals surface area contributed by atoms with Gasteiger partial charge < -0.3 is 10.4 Å². The number of carboxylic acid groups (broad SMARTS) is 1. The van der Waals surface area contributed by atoms with Gasteiger partial charge in [-0.15, -0.1) is 5.10 Å². The van der Waals surface area contributed by atoms with Crippen LogP contribution in [0.3, 0.4) is 0 Å². The van der Waals surface area contributed by atoms with Gasteiger partial charge in [0.05, 0.1) is 11.9 Å². The molecule has 72 valence electrons. The van der Waals surface area contributed by atoms with Gasteiger partial charge in [-0.25, -0.2) is 4.68 Å². The Labute approximate surface area is 75.6 Å². The molecule has 6 heteroatoms. The molecular formula is C7H12N4O2. The predicted molar refractivity (Wildman–Crippen MR) is 45.0 cm³/mol. The summed E-state index contributed by atoms with van der Waals surface area (Å²) in [7, 11) is 0. The van der Waals surface area contributed by atoms with Crippen molar-refractivity contribution in [1.29, 1.82) is 0 Å². The maximum atomic E-state index is 10.3. The number of aromatic nitrogens is 3. The van der Waals surface area contributed by atoms with E-state index in [1.807, 2.05) is 6.92 Å². The minimum atomic E-state index is -0.917. The summed E-state index contributed by atoms with van der Waals surface area (Å²) in [5, 5.41) is 19.0. The van der Waals surface area contributed by atoms with Gasteiger partial charge in [0, 0.05) is 6.54 Å². The average molecular weight is 184 g/mol. The van der Waals surface area contributed by atoms with Crippen LogP contribution in [0.25, 0.3) is 0 Å². The molecule has 0 aromatic carbocycles. The minimum absolute atomic E-state index is 0.140. The summed E-state index contributed by atoms with van der Waals surface area (Å²) in [5.74, 6) is -0.917. The van der Waals surface area contributed by atoms with Crippen molar-refractivity contribution in [2.24, 2.45) is 0 Å². The number of hydrogen-bond acceptors (Lipinski definition) is 4. The van der Waals surface area contributed by atoms with Crippen molar-refractivity contribution < 1.29 is 9.90 Å². The fourth-order valence-electron chi connectivity index (χ4n) is 0.888. The van der Waals surface area contributed by atoms with Crippen LogP contribution in [0.1, 0.15) is 12.6 Å². The largest absolute Gasteiger partial charge is 0.480 e. The highest BCUT2D eigenvalue weighted by molar-refractivity contribution is 5.66. The van der Waals surface area contributed by atoms with Crippen LogP contribution in [-0.2, 0) is 17.9 Å². The fourth-order valence-corrected chi connectivity index (χ4v) is 0.888. The molecule has 0 saturated carbocycles. The maximum Gasteiger partial charge on any atom is 0.325 e. The Hall–Kier alpha value is -1.43. The summed E-state index contributed by atoms with van der Waals surface area (Å²) in [6.45, 7) is 3.32. The highest BCUT2D eigenvalue weighted by Crippen LogP contribution is 1.91. The molecule has 0 unspecified atom stereocenters. The van der Waals surface area contributed by atoms with E-state index in [1.54, 1.807) is 6.20 Å². The number of nitrogens with one attached hydrogen (secondary N) is 1. The molecule has 1 aromatic rings. The van der Waals surface area contributed by atoms with Crippen LogP contribution in [-0.4, -0.2) is 32.6 Å². The molecule has 0 spiro atoms. The van der Waals surface area contributed by atoms with E-state index in [0.29, 0.717) is 6.54 Å². The number of carboxylic acids is 1. The third-order valence-electron chi connectivity index (χ3n) is 1.44. The van der Waals surface area contributed by atoms with Crippen molar-refractivity contribution in [3.63, 3.8) is 0 Å². The number of aliphatic carboxylic acids is 1. The summed E-state index contributed by atoms with van der Waals surface area (Å²) >= 11 is 0. The molecule has 0 radical (unpaired) electrons. The van der Waals surface area contributed by atoms with Gasteiger partial charge in [0.15, 0.2) is 0 Å². The van der Waals surface area contributed by atoms with Crippen LogP contribution in [0.5, 0.6) is 0 Å². The summed E-state index contributed by atoms with van der Waals surface area (Å²) in [4.78, 5) is 10.3. The third kappa shape index (κ3) is 3.20. The van der Waals surface area contributed by atoms with Gasteiger partial charge in [-0.05, 0) is 6.54 Å². The normalized spacial score (nSPS) is 10.2. The van der Waals surface area contributed by atoms with E-state index in [2.05, 4.69) is 15.6 Å². The van der Waals surface area contributed by atoms with E-state index in [9.17, 15) is 4.79 Å². The van der Waals surface area contributed by atoms with Crippen LogP contribution >= 0.6 is 0 Å². The van der Waals surface area contributed by atoms with E-state index in [0.717, 1.165) is 12.2 Å². The first-order chi connectivity index (χ1) is 6.22. The Balaban J connectivity index is 2.48. The molecule has 1 rings (SSSR count). The van der Waals surface area contributed by atoms with Crippen molar-refractivity contribution in [3.05, 3.63) is 11.9 Å². The number of nitrogens with zero attached hydrogens (tertiary/aromatic N) is 3. The number of rotatable bonds is 5. The average Bonchev–Trinajstić information content (AvgIpc) is 2.48. The Morgan fingerprint density at radius 1 is 1.77 bits per heavy atom. The zero-order valence-electron chi connectivity index (χ0n) is 7.40. The lowest BCUT2D eigenvalue weighted by Gasteiger charge is -1.94. The molecule has 0 bridgehead atoms. The van der Waals surface area contributed by atoms with E-state index in [4.69, 9.17) is 5.11 Å². The molecule has 0 aliphatic carbocycles. The lowest BCUT2D eigenvalue weighted by atomic mass is 10.4. The number of carbonyl (C=O) groups is 1. The Kier molecular flexibility index (Phi) is 3.39. The maximum absolute atomic E-state index is 10.3. The van der Waals surface area contributed by atoms with Gasteiger partial charge in [0.25, 0.3) is 0 Å². The van der Waals surface area contributed by atoms with Crippen molar-refractivity contribution in [1.82, 2.24) is 20.3 Å². The third-order valence-corrected chi connectivity index (χ3v) is 1.44. The Morgan fingerprint density at radius 2 is 2.54 bits per heavy atom. The highest BCUT2D eigenvalue weighted by atomic mass is 16.4. The molecule has 0 aliphatic rings. The van der Waals surface area contributed by atoms with Gasteiger partial charge >= 0.3 is 5.97 Å². The monoisotopic (exact) mass is 184 g/mol. The SMILES string of the molecule is CCNCc1cn(CC(=O)O)nn1. The predicted octanol–water partition coefficient (Wildman–Crippen LogP) is -0.528. The topological polar surface area (TPSA) is 80.0 Å². The molecule has 1 heterocycles. The van der Waals surface area contributed by atoms with Gasteiger partial charge in [0.2, 0.25) is 0 Å². The molecule has 0 aliphatic heterocycles. The zero-order valence-corrected chi connectivity index (χ0v) is 7.40. The van der Waals surface area contributed by atoms with Crippen LogP contribution in [0.4, 0.5) is 0 Å². The molecule has 0 amide bonds. The van der Waals surface area contributed by atoms with Gasteiger partial charge in [-0.2, -0.15) is 0 Å². The van der Waals surface area contributed by atoms with Crippen molar-refractivity contribution in [3.8, 4) is 0 Å². The van der Waals surface area contributed by atoms with E-state index in [-0.39, 0.29) is 6.54 Å². The summed E-state index contributed by atoms with van der Waals surface area (Å²) in [6, 6.07) is 0. The number of hydrogen-bond donors (Lipinski definition) is 2. The summed E-state index contributed by atoms with van der Waals surface area (Å²) in [6.07, 6.45) is 1.62. The van der Waals surface area contributed by atoms with Gasteiger partial charge in [-0.3, -0.25) is 4.79 Å². The Bertz CT molecular complexity index is 284. The second kappa shape index (κ2) is 4.56. The van der Waals surface area contributed by atoms with Gasteiger partial charge in [0.1, 0.15) is 6.54 Å². The lowest BCUT2D eigenvalue weighted by Crippen LogP contribution is -2.12. The fraction of sp³-hybridized carbons (Fsp3) is 0.571. The van der Waals surface area contributed by atoms with E-state index >= 15 is 0 Å². The highest BCUT2D eigenvalue weighted by Gasteiger charge is 2.02.